The van der Waals surface area contributed by atoms with Gasteiger partial charge in [-0.2, -0.15) is 0 Å². The molecule has 0 aromatic heterocycles. The molecule has 0 aliphatic carbocycles. The minimum absolute atomic E-state index is 0.157. The third-order valence-corrected chi connectivity index (χ3v) is 6.27. The topological polar surface area (TPSA) is 140 Å². The minimum atomic E-state index is -0.922. The summed E-state index contributed by atoms with van der Waals surface area (Å²) in [4.78, 5) is 62.9. The highest BCUT2D eigenvalue weighted by Gasteiger charge is 2.36. The molecular formula is C28H22BrN3O8. The van der Waals surface area contributed by atoms with Gasteiger partial charge in [-0.1, -0.05) is 18.2 Å². The summed E-state index contributed by atoms with van der Waals surface area (Å²) in [6, 6.07) is 16.3. The second-order valence-corrected chi connectivity index (χ2v) is 9.08. The Balaban J connectivity index is 1.47. The maximum atomic E-state index is 13.1. The molecule has 0 radical (unpaired) electrons. The number of barbiturate groups is 1. The normalized spacial score (nSPS) is 14.0. The van der Waals surface area contributed by atoms with E-state index in [0.29, 0.717) is 27.2 Å². The van der Waals surface area contributed by atoms with E-state index in [4.69, 9.17) is 9.47 Å². The summed E-state index contributed by atoms with van der Waals surface area (Å²) in [5.41, 5.74) is 1.05. The largest absolute Gasteiger partial charge is 0.495 e. The number of esters is 1. The molecule has 1 heterocycles. The van der Waals surface area contributed by atoms with Gasteiger partial charge in [-0.15, -0.1) is 0 Å². The Morgan fingerprint density at radius 3 is 2.38 bits per heavy atom. The number of rotatable bonds is 8. The predicted octanol–water partition coefficient (Wildman–Crippen LogP) is 3.93. The van der Waals surface area contributed by atoms with Crippen LogP contribution in [0.4, 0.5) is 16.2 Å². The fourth-order valence-corrected chi connectivity index (χ4v) is 4.24. The Hall–Kier alpha value is -4.97. The number of urea groups is 1. The number of anilines is 2. The molecule has 1 saturated heterocycles. The third-order valence-electron chi connectivity index (χ3n) is 5.66. The summed E-state index contributed by atoms with van der Waals surface area (Å²) >= 11 is 3.37. The first kappa shape index (κ1) is 28.0. The predicted molar refractivity (Wildman–Crippen MR) is 148 cm³/mol. The highest BCUT2D eigenvalue weighted by Crippen LogP contribution is 2.29. The number of benzene rings is 3. The van der Waals surface area contributed by atoms with Crippen molar-refractivity contribution in [1.29, 1.82) is 0 Å². The molecule has 12 heteroatoms. The summed E-state index contributed by atoms with van der Waals surface area (Å²) in [5.74, 6) is -1.83. The van der Waals surface area contributed by atoms with Crippen LogP contribution in [0, 0.1) is 0 Å². The first-order valence-corrected chi connectivity index (χ1v) is 12.5. The van der Waals surface area contributed by atoms with Gasteiger partial charge in [0.05, 0.1) is 35.6 Å². The Morgan fingerprint density at radius 1 is 0.975 bits per heavy atom. The number of imide groups is 2. The van der Waals surface area contributed by atoms with Crippen molar-refractivity contribution in [3.63, 3.8) is 0 Å². The smallest absolute Gasteiger partial charge is 0.337 e. The summed E-state index contributed by atoms with van der Waals surface area (Å²) in [6.45, 7) is -0.288. The molecule has 0 spiro atoms. The van der Waals surface area contributed by atoms with E-state index in [9.17, 15) is 24.0 Å². The molecule has 0 atom stereocenters. The molecule has 5 amide bonds. The summed E-state index contributed by atoms with van der Waals surface area (Å²) in [5, 5.41) is 4.85. The van der Waals surface area contributed by atoms with Crippen molar-refractivity contribution in [2.45, 2.75) is 0 Å². The lowest BCUT2D eigenvalue weighted by atomic mass is 10.1. The molecule has 3 aromatic rings. The standard InChI is InChI=1S/C28H22BrN3O8/c1-38-23-6-4-3-5-21(23)30-24(33)15-40-22-12-7-16(14-20(22)29)13-19-25(34)31-28(37)32(26(19)35)18-10-8-17(9-11-18)27(36)39-2/h3-14H,15H2,1-2H3,(H,30,33)(H,31,34,37)/b19-13-. The van der Waals surface area contributed by atoms with Crippen LogP contribution < -0.4 is 25.0 Å². The first-order valence-electron chi connectivity index (χ1n) is 11.7. The zero-order valence-electron chi connectivity index (χ0n) is 21.2. The lowest BCUT2D eigenvalue weighted by Crippen LogP contribution is -2.54. The van der Waals surface area contributed by atoms with Crippen molar-refractivity contribution < 1.29 is 38.2 Å². The van der Waals surface area contributed by atoms with Crippen LogP contribution in [-0.4, -0.2) is 50.5 Å². The van der Waals surface area contributed by atoms with Crippen LogP contribution in [0.3, 0.4) is 0 Å². The summed E-state index contributed by atoms with van der Waals surface area (Å²) in [6.07, 6.45) is 1.32. The van der Waals surface area contributed by atoms with E-state index in [-0.39, 0.29) is 23.4 Å². The van der Waals surface area contributed by atoms with Crippen molar-refractivity contribution >= 4 is 63.1 Å². The number of nitrogens with zero attached hydrogens (tertiary/aromatic N) is 1. The Kier molecular flexibility index (Phi) is 8.60. The van der Waals surface area contributed by atoms with E-state index in [1.807, 2.05) is 0 Å². The van der Waals surface area contributed by atoms with Crippen LogP contribution in [-0.2, 0) is 19.1 Å². The SMILES string of the molecule is COC(=O)c1ccc(N2C(=O)NC(=O)/C(=C/c3ccc(OCC(=O)Nc4ccccc4OC)c(Br)c3)C2=O)cc1. The van der Waals surface area contributed by atoms with Gasteiger partial charge in [0.2, 0.25) is 0 Å². The Morgan fingerprint density at radius 2 is 1.70 bits per heavy atom. The summed E-state index contributed by atoms with van der Waals surface area (Å²) in [7, 11) is 2.73. The number of carbonyl (C=O) groups is 5. The Labute approximate surface area is 236 Å². The number of hydrogen-bond donors (Lipinski definition) is 2. The number of ether oxygens (including phenoxy) is 3. The average Bonchev–Trinajstić information content (AvgIpc) is 2.95. The second-order valence-electron chi connectivity index (χ2n) is 8.22. The van der Waals surface area contributed by atoms with Gasteiger partial charge in [0.25, 0.3) is 17.7 Å². The van der Waals surface area contributed by atoms with Crippen molar-refractivity contribution in [1.82, 2.24) is 5.32 Å². The lowest BCUT2D eigenvalue weighted by Gasteiger charge is -2.26. The molecule has 0 saturated carbocycles. The number of para-hydroxylation sites is 2. The molecule has 11 nitrogen and oxygen atoms in total. The van der Waals surface area contributed by atoms with Crippen LogP contribution in [0.2, 0.25) is 0 Å². The monoisotopic (exact) mass is 607 g/mol. The van der Waals surface area contributed by atoms with Crippen LogP contribution in [0.25, 0.3) is 6.08 Å². The highest BCUT2D eigenvalue weighted by atomic mass is 79.9. The van der Waals surface area contributed by atoms with Gasteiger partial charge in [0.15, 0.2) is 6.61 Å². The van der Waals surface area contributed by atoms with E-state index >= 15 is 0 Å². The van der Waals surface area contributed by atoms with Gasteiger partial charge in [-0.05, 0) is 76.1 Å². The molecule has 3 aromatic carbocycles. The van der Waals surface area contributed by atoms with Gasteiger partial charge in [0.1, 0.15) is 17.1 Å². The average molecular weight is 608 g/mol. The molecule has 1 aliphatic rings. The van der Waals surface area contributed by atoms with Gasteiger partial charge < -0.3 is 19.5 Å². The number of carbonyl (C=O) groups excluding carboxylic acids is 5. The number of halogens is 1. The van der Waals surface area contributed by atoms with E-state index in [1.165, 1.54) is 44.6 Å². The van der Waals surface area contributed by atoms with Gasteiger partial charge in [0, 0.05) is 0 Å². The van der Waals surface area contributed by atoms with Crippen LogP contribution in [0.1, 0.15) is 15.9 Å². The lowest BCUT2D eigenvalue weighted by molar-refractivity contribution is -0.122. The highest BCUT2D eigenvalue weighted by molar-refractivity contribution is 9.10. The van der Waals surface area contributed by atoms with Gasteiger partial charge >= 0.3 is 12.0 Å². The molecule has 204 valence electrons. The minimum Gasteiger partial charge on any atom is -0.495 e. The van der Waals surface area contributed by atoms with E-state index in [0.717, 1.165) is 4.90 Å². The molecule has 0 bridgehead atoms. The number of methoxy groups -OCH3 is 2. The van der Waals surface area contributed by atoms with Gasteiger partial charge in [-0.25, -0.2) is 14.5 Å². The van der Waals surface area contributed by atoms with Crippen molar-refractivity contribution in [2.75, 3.05) is 31.0 Å². The molecule has 1 fully saturated rings. The molecule has 0 unspecified atom stereocenters. The van der Waals surface area contributed by atoms with Crippen molar-refractivity contribution in [3.05, 3.63) is 87.9 Å². The van der Waals surface area contributed by atoms with Crippen LogP contribution >= 0.6 is 15.9 Å². The molecule has 1 aliphatic heterocycles. The zero-order valence-corrected chi connectivity index (χ0v) is 22.8. The van der Waals surface area contributed by atoms with E-state index < -0.39 is 29.7 Å². The number of hydrogen-bond acceptors (Lipinski definition) is 8. The quantitative estimate of drug-likeness (QED) is 0.223. The van der Waals surface area contributed by atoms with E-state index in [1.54, 1.807) is 42.5 Å². The van der Waals surface area contributed by atoms with Crippen molar-refractivity contribution in [3.8, 4) is 11.5 Å². The van der Waals surface area contributed by atoms with Crippen LogP contribution in [0.5, 0.6) is 11.5 Å². The maximum Gasteiger partial charge on any atom is 0.337 e. The molecule has 4 rings (SSSR count). The van der Waals surface area contributed by atoms with Crippen molar-refractivity contribution in [2.24, 2.45) is 0 Å². The summed E-state index contributed by atoms with van der Waals surface area (Å²) < 4.78 is 15.9. The number of amides is 5. The molecule has 2 N–H and O–H groups in total. The maximum absolute atomic E-state index is 13.1. The van der Waals surface area contributed by atoms with Gasteiger partial charge in [-0.3, -0.25) is 19.7 Å². The fourth-order valence-electron chi connectivity index (χ4n) is 3.72. The van der Waals surface area contributed by atoms with E-state index in [2.05, 4.69) is 31.3 Å². The zero-order chi connectivity index (χ0) is 28.8. The third kappa shape index (κ3) is 6.18. The molecular weight excluding hydrogens is 586 g/mol. The molecule has 40 heavy (non-hydrogen) atoms. The fraction of sp³-hybridized carbons (Fsp3) is 0.107. The Bertz CT molecular complexity index is 1530. The first-order chi connectivity index (χ1) is 19.2. The second kappa shape index (κ2) is 12.3. The van der Waals surface area contributed by atoms with Crippen LogP contribution in [0.15, 0.2) is 76.8 Å². The number of nitrogens with one attached hydrogen (secondary N) is 2.